The number of aromatic nitrogens is 5. The fourth-order valence-corrected chi connectivity index (χ4v) is 3.63. The van der Waals surface area contributed by atoms with E-state index in [1.54, 1.807) is 10.9 Å². The maximum absolute atomic E-state index is 13.5. The van der Waals surface area contributed by atoms with E-state index >= 15 is 0 Å². The summed E-state index contributed by atoms with van der Waals surface area (Å²) in [5.74, 6) is 1.01. The number of pyridine rings is 1. The van der Waals surface area contributed by atoms with Crippen molar-refractivity contribution in [3.8, 4) is 5.82 Å². The molecule has 170 valence electrons. The second kappa shape index (κ2) is 7.72. The van der Waals surface area contributed by atoms with Gasteiger partial charge in [-0.1, -0.05) is 6.07 Å². The number of rotatable bonds is 5. The molecule has 33 heavy (non-hydrogen) atoms. The van der Waals surface area contributed by atoms with Gasteiger partial charge in [-0.3, -0.25) is 4.79 Å². The van der Waals surface area contributed by atoms with E-state index in [0.29, 0.717) is 11.6 Å². The number of hydrogen-bond acceptors (Lipinski definition) is 5. The van der Waals surface area contributed by atoms with Crippen LogP contribution in [0.15, 0.2) is 41.5 Å². The molecule has 3 aromatic heterocycles. The van der Waals surface area contributed by atoms with Crippen molar-refractivity contribution in [3.05, 3.63) is 75.2 Å². The summed E-state index contributed by atoms with van der Waals surface area (Å²) in [6.07, 6.45) is 0.909. The third kappa shape index (κ3) is 4.33. The van der Waals surface area contributed by atoms with Gasteiger partial charge in [-0.15, -0.1) is 0 Å². The summed E-state index contributed by atoms with van der Waals surface area (Å²) in [4.78, 5) is 24.0. The maximum Gasteiger partial charge on any atom is 0.418 e. The summed E-state index contributed by atoms with van der Waals surface area (Å²) >= 11 is 0. The highest BCUT2D eigenvalue weighted by Gasteiger charge is 2.36. The Morgan fingerprint density at radius 2 is 2.00 bits per heavy atom. The molecule has 0 bridgehead atoms. The lowest BCUT2D eigenvalue weighted by Crippen LogP contribution is -2.16. The Bertz CT molecular complexity index is 1380. The fraction of sp³-hybridized carbons (Fsp3) is 0.304. The average Bonchev–Trinajstić information content (AvgIpc) is 3.50. The topological polar surface area (TPSA) is 88.5 Å². The third-order valence-electron chi connectivity index (χ3n) is 5.70. The monoisotopic (exact) mass is 454 g/mol. The molecule has 0 radical (unpaired) electrons. The van der Waals surface area contributed by atoms with Crippen LogP contribution < -0.4 is 10.9 Å². The Labute approximate surface area is 186 Å². The maximum atomic E-state index is 13.5. The van der Waals surface area contributed by atoms with Gasteiger partial charge in [0.25, 0.3) is 5.56 Å². The van der Waals surface area contributed by atoms with Gasteiger partial charge < -0.3 is 10.3 Å². The zero-order valence-electron chi connectivity index (χ0n) is 18.0. The molecule has 1 aromatic carbocycles. The number of fused-ring (bicyclic) bond motifs is 1. The first-order valence-corrected chi connectivity index (χ1v) is 10.6. The van der Waals surface area contributed by atoms with Crippen LogP contribution in [0.4, 0.5) is 18.9 Å². The Balaban J connectivity index is 1.46. The number of aromatic amines is 1. The minimum absolute atomic E-state index is 0.0250. The number of H-pyrrole nitrogens is 1. The number of nitrogens with one attached hydrogen (secondary N) is 2. The number of aryl methyl sites for hydroxylation is 2. The molecule has 0 aliphatic heterocycles. The lowest BCUT2D eigenvalue weighted by Gasteiger charge is -2.15. The van der Waals surface area contributed by atoms with Crippen LogP contribution in [-0.4, -0.2) is 30.8 Å². The Morgan fingerprint density at radius 1 is 1.21 bits per heavy atom. The highest BCUT2D eigenvalue weighted by Crippen LogP contribution is 2.38. The van der Waals surface area contributed by atoms with Crippen molar-refractivity contribution in [2.75, 3.05) is 5.32 Å². The summed E-state index contributed by atoms with van der Waals surface area (Å²) in [6, 6.07) is 5.88. The predicted molar refractivity (Wildman–Crippen MR) is 118 cm³/mol. The summed E-state index contributed by atoms with van der Waals surface area (Å²) < 4.78 is 42.3. The molecule has 7 nitrogen and oxygen atoms in total. The number of benzene rings is 1. The zero-order chi connectivity index (χ0) is 23.3. The van der Waals surface area contributed by atoms with Gasteiger partial charge >= 0.3 is 6.18 Å². The average molecular weight is 454 g/mol. The molecule has 0 atom stereocenters. The molecule has 10 heteroatoms. The molecule has 0 unspecified atom stereocenters. The van der Waals surface area contributed by atoms with E-state index in [1.807, 2.05) is 32.2 Å². The molecule has 1 saturated carbocycles. The molecular formula is C23H21F3N6O. The second-order valence-corrected chi connectivity index (χ2v) is 8.39. The SMILES string of the molecule is Cc1cn(-c2ccc(Cc3nc4cc(NC5CC5)c(C(F)(F)F)cc4c(=O)[nH]3)cn2)nc1C. The first-order chi connectivity index (χ1) is 15.7. The van der Waals surface area contributed by atoms with Crippen LogP contribution in [0.25, 0.3) is 16.7 Å². The standard InChI is InChI=1S/C23H21F3N6O/c1-12-11-32(31-13(12)2)21-6-3-14(10-27-21)7-20-29-18-9-19(28-15-4-5-15)17(23(24,25)26)8-16(18)22(33)30-20/h3,6,8-11,15,28H,4-5,7H2,1-2H3,(H,29,30,33). The molecule has 1 aliphatic carbocycles. The lowest BCUT2D eigenvalue weighted by atomic mass is 10.1. The number of nitrogens with zero attached hydrogens (tertiary/aromatic N) is 4. The summed E-state index contributed by atoms with van der Waals surface area (Å²) in [5, 5.41) is 7.22. The van der Waals surface area contributed by atoms with Crippen molar-refractivity contribution in [1.82, 2.24) is 24.7 Å². The number of anilines is 1. The van der Waals surface area contributed by atoms with Crippen molar-refractivity contribution in [1.29, 1.82) is 0 Å². The van der Waals surface area contributed by atoms with Gasteiger partial charge in [0, 0.05) is 30.5 Å². The van der Waals surface area contributed by atoms with Crippen molar-refractivity contribution in [3.63, 3.8) is 0 Å². The van der Waals surface area contributed by atoms with Gasteiger partial charge in [0.1, 0.15) is 5.82 Å². The highest BCUT2D eigenvalue weighted by atomic mass is 19.4. The van der Waals surface area contributed by atoms with Crippen molar-refractivity contribution >= 4 is 16.6 Å². The molecule has 0 spiro atoms. The molecule has 2 N–H and O–H groups in total. The third-order valence-corrected chi connectivity index (χ3v) is 5.70. The molecule has 1 aliphatic rings. The summed E-state index contributed by atoms with van der Waals surface area (Å²) in [7, 11) is 0. The first kappa shape index (κ1) is 21.2. The van der Waals surface area contributed by atoms with Gasteiger partial charge in [-0.05, 0) is 56.0 Å². The molecule has 0 saturated heterocycles. The number of halogens is 3. The van der Waals surface area contributed by atoms with Crippen LogP contribution in [0.1, 0.15) is 41.1 Å². The van der Waals surface area contributed by atoms with Crippen LogP contribution in [0.2, 0.25) is 0 Å². The predicted octanol–water partition coefficient (Wildman–Crippen LogP) is 4.30. The summed E-state index contributed by atoms with van der Waals surface area (Å²) in [5.41, 5.74) is 1.49. The van der Waals surface area contributed by atoms with Crippen LogP contribution in [0.5, 0.6) is 0 Å². The second-order valence-electron chi connectivity index (χ2n) is 8.39. The fourth-order valence-electron chi connectivity index (χ4n) is 3.63. The Kier molecular flexibility index (Phi) is 4.95. The zero-order valence-corrected chi connectivity index (χ0v) is 18.0. The lowest BCUT2D eigenvalue weighted by molar-refractivity contribution is -0.136. The number of hydrogen-bond donors (Lipinski definition) is 2. The van der Waals surface area contributed by atoms with Crippen LogP contribution in [-0.2, 0) is 12.6 Å². The quantitative estimate of drug-likeness (QED) is 0.469. The van der Waals surface area contributed by atoms with Gasteiger partial charge in [-0.2, -0.15) is 18.3 Å². The van der Waals surface area contributed by atoms with Crippen molar-refractivity contribution in [2.24, 2.45) is 0 Å². The van der Waals surface area contributed by atoms with Crippen molar-refractivity contribution < 1.29 is 13.2 Å². The van der Waals surface area contributed by atoms with E-state index in [1.165, 1.54) is 6.07 Å². The van der Waals surface area contributed by atoms with E-state index in [4.69, 9.17) is 0 Å². The number of alkyl halides is 3. The smallest absolute Gasteiger partial charge is 0.382 e. The van der Waals surface area contributed by atoms with Crippen LogP contribution in [0, 0.1) is 13.8 Å². The van der Waals surface area contributed by atoms with E-state index in [0.717, 1.165) is 35.7 Å². The minimum Gasteiger partial charge on any atom is -0.382 e. The highest BCUT2D eigenvalue weighted by molar-refractivity contribution is 5.84. The summed E-state index contributed by atoms with van der Waals surface area (Å²) in [6.45, 7) is 3.89. The van der Waals surface area contributed by atoms with Gasteiger partial charge in [0.05, 0.1) is 22.2 Å². The molecular weight excluding hydrogens is 433 g/mol. The molecule has 1 fully saturated rings. The molecule has 0 amide bonds. The van der Waals surface area contributed by atoms with Gasteiger partial charge in [0.2, 0.25) is 0 Å². The first-order valence-electron chi connectivity index (χ1n) is 10.6. The van der Waals surface area contributed by atoms with E-state index < -0.39 is 17.3 Å². The molecule has 3 heterocycles. The Morgan fingerprint density at radius 3 is 2.61 bits per heavy atom. The van der Waals surface area contributed by atoms with Crippen LogP contribution >= 0.6 is 0 Å². The van der Waals surface area contributed by atoms with Crippen molar-refractivity contribution in [2.45, 2.75) is 45.3 Å². The van der Waals surface area contributed by atoms with Gasteiger partial charge in [-0.25, -0.2) is 14.6 Å². The Hall–Kier alpha value is -3.69. The van der Waals surface area contributed by atoms with E-state index in [9.17, 15) is 18.0 Å². The normalized spacial score (nSPS) is 14.1. The molecule has 4 aromatic rings. The van der Waals surface area contributed by atoms with E-state index in [2.05, 4.69) is 25.4 Å². The largest absolute Gasteiger partial charge is 0.418 e. The molecule has 5 rings (SSSR count). The van der Waals surface area contributed by atoms with E-state index in [-0.39, 0.29) is 29.1 Å². The minimum atomic E-state index is -4.57. The van der Waals surface area contributed by atoms with Gasteiger partial charge in [0.15, 0.2) is 5.82 Å². The van der Waals surface area contributed by atoms with Crippen LogP contribution in [0.3, 0.4) is 0 Å².